The van der Waals surface area contributed by atoms with Crippen molar-refractivity contribution in [2.24, 2.45) is 0 Å². The molecule has 2 amide bonds. The molecular weight excluding hydrogens is 354 g/mol. The highest BCUT2D eigenvalue weighted by Crippen LogP contribution is 2.48. The Morgan fingerprint density at radius 1 is 0.893 bits per heavy atom. The first-order valence-corrected chi connectivity index (χ1v) is 9.77. The number of pyridine rings is 1. The minimum Gasteiger partial charge on any atom is -0.345 e. The van der Waals surface area contributed by atoms with Gasteiger partial charge in [0.05, 0.1) is 0 Å². The number of nitrogens with one attached hydrogen (secondary N) is 2. The summed E-state index contributed by atoms with van der Waals surface area (Å²) in [5.74, 6) is 0.265. The quantitative estimate of drug-likeness (QED) is 0.851. The molecule has 0 aliphatic heterocycles. The maximum atomic E-state index is 12.8. The van der Waals surface area contributed by atoms with Gasteiger partial charge in [0.1, 0.15) is 17.2 Å². The lowest BCUT2D eigenvalue weighted by molar-refractivity contribution is 0.0826. The molecule has 2 aliphatic rings. The molecule has 0 radical (unpaired) electrons. The smallest absolute Gasteiger partial charge is 0.270 e. The summed E-state index contributed by atoms with van der Waals surface area (Å²) in [7, 11) is 0. The molecule has 2 aromatic heterocycles. The predicted molar refractivity (Wildman–Crippen MR) is 104 cm³/mol. The van der Waals surface area contributed by atoms with Crippen LogP contribution in [0.5, 0.6) is 0 Å². The summed E-state index contributed by atoms with van der Waals surface area (Å²) in [6, 6.07) is 7.09. The summed E-state index contributed by atoms with van der Waals surface area (Å²) in [4.78, 5) is 38.1. The highest BCUT2D eigenvalue weighted by Gasteiger charge is 2.52. The first-order chi connectivity index (χ1) is 13.4. The Hall–Kier alpha value is -2.83. The van der Waals surface area contributed by atoms with E-state index in [1.165, 1.54) is 0 Å². The van der Waals surface area contributed by atoms with E-state index in [0.717, 1.165) is 44.2 Å². The predicted octanol–water partition coefficient (Wildman–Crippen LogP) is 2.49. The molecule has 146 valence electrons. The van der Waals surface area contributed by atoms with Crippen molar-refractivity contribution in [3.05, 3.63) is 53.4 Å². The average Bonchev–Trinajstić information content (AvgIpc) is 2.91. The van der Waals surface area contributed by atoms with E-state index in [0.29, 0.717) is 17.2 Å². The lowest BCUT2D eigenvalue weighted by Gasteiger charge is -2.40. The number of nitrogens with zero attached hydrogens (tertiary/aromatic N) is 3. The molecule has 28 heavy (non-hydrogen) atoms. The van der Waals surface area contributed by atoms with Crippen LogP contribution in [-0.2, 0) is 0 Å². The Bertz CT molecular complexity index is 857. The van der Waals surface area contributed by atoms with E-state index in [1.54, 1.807) is 25.3 Å². The van der Waals surface area contributed by atoms with Crippen LogP contribution in [0.1, 0.15) is 71.0 Å². The zero-order valence-electron chi connectivity index (χ0n) is 16.3. The highest BCUT2D eigenvalue weighted by molar-refractivity contribution is 5.93. The van der Waals surface area contributed by atoms with Crippen molar-refractivity contribution >= 4 is 11.8 Å². The Morgan fingerprint density at radius 3 is 2.14 bits per heavy atom. The van der Waals surface area contributed by atoms with Crippen LogP contribution < -0.4 is 10.6 Å². The second kappa shape index (κ2) is 6.96. The van der Waals surface area contributed by atoms with Gasteiger partial charge in [-0.25, -0.2) is 15.0 Å². The number of amides is 2. The molecule has 2 aromatic rings. The van der Waals surface area contributed by atoms with Crippen LogP contribution in [0.3, 0.4) is 0 Å². The normalized spacial score (nSPS) is 25.9. The molecule has 0 spiro atoms. The maximum Gasteiger partial charge on any atom is 0.270 e. The van der Waals surface area contributed by atoms with Crippen molar-refractivity contribution in [1.29, 1.82) is 0 Å². The van der Waals surface area contributed by atoms with Crippen LogP contribution in [0, 0.1) is 13.8 Å². The van der Waals surface area contributed by atoms with Gasteiger partial charge in [0.25, 0.3) is 11.8 Å². The van der Waals surface area contributed by atoms with Gasteiger partial charge in [-0.15, -0.1) is 0 Å². The Morgan fingerprint density at radius 2 is 1.54 bits per heavy atom. The van der Waals surface area contributed by atoms with Gasteiger partial charge in [-0.1, -0.05) is 6.07 Å². The summed E-state index contributed by atoms with van der Waals surface area (Å²) in [6.45, 7) is 3.64. The van der Waals surface area contributed by atoms with Gasteiger partial charge in [-0.3, -0.25) is 9.59 Å². The third-order valence-electron chi connectivity index (χ3n) is 5.96. The fourth-order valence-corrected chi connectivity index (χ4v) is 4.70. The van der Waals surface area contributed by atoms with Crippen LogP contribution in [0.25, 0.3) is 0 Å². The Kier molecular flexibility index (Phi) is 4.61. The number of carbonyl (C=O) groups excluding carboxylic acids is 2. The van der Waals surface area contributed by atoms with Gasteiger partial charge < -0.3 is 10.6 Å². The molecule has 0 saturated heterocycles. The van der Waals surface area contributed by atoms with Crippen LogP contribution >= 0.6 is 0 Å². The number of aromatic nitrogens is 3. The molecule has 2 heterocycles. The first-order valence-electron chi connectivity index (χ1n) is 9.77. The van der Waals surface area contributed by atoms with E-state index in [1.807, 2.05) is 19.1 Å². The van der Waals surface area contributed by atoms with E-state index >= 15 is 0 Å². The second-order valence-electron chi connectivity index (χ2n) is 8.15. The molecule has 2 saturated carbocycles. The van der Waals surface area contributed by atoms with E-state index in [9.17, 15) is 9.59 Å². The zero-order chi connectivity index (χ0) is 19.8. The number of rotatable bonds is 4. The fraction of sp³-hybridized carbons (Fsp3) is 0.476. The van der Waals surface area contributed by atoms with Crippen LogP contribution in [0.2, 0.25) is 0 Å². The van der Waals surface area contributed by atoms with Crippen molar-refractivity contribution in [3.8, 4) is 0 Å². The minimum absolute atomic E-state index is 0.140. The SMILES string of the molecule is Cc1cccc(C(=O)N[C@]23CCC[C@](NC(=O)c4ccnc(C)n4)(CC2)C3)n1. The summed E-state index contributed by atoms with van der Waals surface area (Å²) in [5.41, 5.74) is 1.08. The number of fused-ring (bicyclic) bond motifs is 2. The largest absolute Gasteiger partial charge is 0.345 e. The number of hydrogen-bond donors (Lipinski definition) is 2. The molecule has 7 nitrogen and oxygen atoms in total. The number of carbonyl (C=O) groups is 2. The monoisotopic (exact) mass is 379 g/mol. The lowest BCUT2D eigenvalue weighted by atomic mass is 9.78. The maximum absolute atomic E-state index is 12.8. The molecule has 2 fully saturated rings. The molecular formula is C21H25N5O2. The average molecular weight is 379 g/mol. The van der Waals surface area contributed by atoms with Crippen molar-refractivity contribution < 1.29 is 9.59 Å². The summed E-state index contributed by atoms with van der Waals surface area (Å²) in [5, 5.41) is 6.45. The highest BCUT2D eigenvalue weighted by atomic mass is 16.2. The first kappa shape index (κ1) is 18.5. The summed E-state index contributed by atoms with van der Waals surface area (Å²) >= 11 is 0. The molecule has 7 heteroatoms. The fourth-order valence-electron chi connectivity index (χ4n) is 4.70. The Balaban J connectivity index is 1.48. The van der Waals surface area contributed by atoms with E-state index in [2.05, 4.69) is 25.6 Å². The summed E-state index contributed by atoms with van der Waals surface area (Å²) < 4.78 is 0. The van der Waals surface area contributed by atoms with Gasteiger partial charge in [0.15, 0.2) is 0 Å². The van der Waals surface area contributed by atoms with Crippen LogP contribution in [0.4, 0.5) is 0 Å². The molecule has 2 aliphatic carbocycles. The van der Waals surface area contributed by atoms with E-state index in [4.69, 9.17) is 0 Å². The van der Waals surface area contributed by atoms with Crippen molar-refractivity contribution in [1.82, 2.24) is 25.6 Å². The van der Waals surface area contributed by atoms with Gasteiger partial charge in [-0.05, 0) is 70.6 Å². The number of aryl methyl sites for hydroxylation is 2. The topological polar surface area (TPSA) is 96.9 Å². The number of hydrogen-bond acceptors (Lipinski definition) is 5. The lowest BCUT2D eigenvalue weighted by Crippen LogP contribution is -2.55. The molecule has 4 rings (SSSR count). The van der Waals surface area contributed by atoms with Crippen molar-refractivity contribution in [3.63, 3.8) is 0 Å². The molecule has 0 unspecified atom stereocenters. The molecule has 2 bridgehead atoms. The standard InChI is InChI=1S/C21H25N5O2/c1-14-5-3-6-16(23-14)18(27)25-20-8-4-9-21(13-20,11-10-20)26-19(28)17-7-12-22-15(2)24-17/h3,5-7,12H,4,8-11,13H2,1-2H3,(H,25,27)(H,26,28)/t20-,21+/m1/s1. The van der Waals surface area contributed by atoms with Gasteiger partial charge in [0, 0.05) is 23.0 Å². The molecule has 2 atom stereocenters. The van der Waals surface area contributed by atoms with Crippen LogP contribution in [-0.4, -0.2) is 37.8 Å². The minimum atomic E-state index is -0.290. The van der Waals surface area contributed by atoms with E-state index in [-0.39, 0.29) is 22.9 Å². The van der Waals surface area contributed by atoms with Gasteiger partial charge >= 0.3 is 0 Å². The Labute approximate surface area is 164 Å². The van der Waals surface area contributed by atoms with Crippen molar-refractivity contribution in [2.45, 2.75) is 63.5 Å². The van der Waals surface area contributed by atoms with Crippen LogP contribution in [0.15, 0.2) is 30.5 Å². The van der Waals surface area contributed by atoms with Gasteiger partial charge in [-0.2, -0.15) is 0 Å². The third kappa shape index (κ3) is 3.61. The second-order valence-corrected chi connectivity index (χ2v) is 8.15. The van der Waals surface area contributed by atoms with E-state index < -0.39 is 0 Å². The zero-order valence-corrected chi connectivity index (χ0v) is 16.3. The molecule has 2 N–H and O–H groups in total. The third-order valence-corrected chi connectivity index (χ3v) is 5.96. The van der Waals surface area contributed by atoms with Crippen molar-refractivity contribution in [2.75, 3.05) is 0 Å². The van der Waals surface area contributed by atoms with Gasteiger partial charge in [0.2, 0.25) is 0 Å². The molecule has 0 aromatic carbocycles. The summed E-state index contributed by atoms with van der Waals surface area (Å²) in [6.07, 6.45) is 6.86.